The van der Waals surface area contributed by atoms with E-state index in [-0.39, 0.29) is 22.3 Å². The molecule has 0 amide bonds. The SMILES string of the molecule is C[C@]1(CO)Cc2nnc(C3(c4ccc(-c5ccc(C(=O)O)cn5)cc4)CC3)n2CCS1. The topological polar surface area (TPSA) is 101 Å². The molecule has 3 heterocycles. The van der Waals surface area contributed by atoms with Crippen molar-refractivity contribution in [1.82, 2.24) is 19.7 Å². The van der Waals surface area contributed by atoms with E-state index in [1.165, 1.54) is 11.8 Å². The van der Waals surface area contributed by atoms with E-state index in [1.807, 2.05) is 12.1 Å². The molecule has 1 aliphatic carbocycles. The van der Waals surface area contributed by atoms with Crippen LogP contribution in [0, 0.1) is 0 Å². The average molecular weight is 437 g/mol. The fourth-order valence-corrected chi connectivity index (χ4v) is 5.43. The molecule has 1 saturated carbocycles. The quantitative estimate of drug-likeness (QED) is 0.633. The smallest absolute Gasteiger partial charge is 0.337 e. The molecule has 0 bridgehead atoms. The summed E-state index contributed by atoms with van der Waals surface area (Å²) < 4.78 is 2.06. The van der Waals surface area contributed by atoms with Crippen LogP contribution in [0.2, 0.25) is 0 Å². The second-order valence-corrected chi connectivity index (χ2v) is 10.3. The minimum absolute atomic E-state index is 0.102. The minimum atomic E-state index is -0.977. The van der Waals surface area contributed by atoms with Crippen molar-refractivity contribution in [1.29, 1.82) is 0 Å². The Morgan fingerprint density at radius 3 is 2.55 bits per heavy atom. The third kappa shape index (κ3) is 3.53. The van der Waals surface area contributed by atoms with Gasteiger partial charge in [-0.15, -0.1) is 10.2 Å². The number of aromatic nitrogens is 4. The zero-order valence-electron chi connectivity index (χ0n) is 17.3. The van der Waals surface area contributed by atoms with Crippen molar-refractivity contribution < 1.29 is 15.0 Å². The first-order valence-electron chi connectivity index (χ1n) is 10.4. The van der Waals surface area contributed by atoms with Gasteiger partial charge >= 0.3 is 5.97 Å². The molecule has 0 unspecified atom stereocenters. The van der Waals surface area contributed by atoms with Crippen molar-refractivity contribution in [2.24, 2.45) is 0 Å². The van der Waals surface area contributed by atoms with E-state index in [9.17, 15) is 9.90 Å². The summed E-state index contributed by atoms with van der Waals surface area (Å²) in [5.41, 5.74) is 3.00. The first-order valence-corrected chi connectivity index (χ1v) is 11.4. The van der Waals surface area contributed by atoms with Gasteiger partial charge in [0.15, 0.2) is 0 Å². The molecule has 1 aliphatic heterocycles. The van der Waals surface area contributed by atoms with Gasteiger partial charge in [-0.1, -0.05) is 24.3 Å². The lowest BCUT2D eigenvalue weighted by atomic mass is 9.93. The third-order valence-electron chi connectivity index (χ3n) is 6.38. The Kier molecular flexibility index (Phi) is 4.86. The van der Waals surface area contributed by atoms with Gasteiger partial charge in [0.05, 0.1) is 23.3 Å². The number of hydrogen-bond acceptors (Lipinski definition) is 6. The number of fused-ring (bicyclic) bond motifs is 1. The Morgan fingerprint density at radius 1 is 1.16 bits per heavy atom. The molecule has 0 radical (unpaired) electrons. The van der Waals surface area contributed by atoms with Crippen LogP contribution in [-0.2, 0) is 18.4 Å². The summed E-state index contributed by atoms with van der Waals surface area (Å²) in [7, 11) is 0. The van der Waals surface area contributed by atoms with Crippen LogP contribution in [0.1, 0.15) is 47.3 Å². The molecule has 0 spiro atoms. The average Bonchev–Trinajstić information content (AvgIpc) is 3.53. The van der Waals surface area contributed by atoms with Crippen LogP contribution in [0.15, 0.2) is 42.6 Å². The summed E-state index contributed by atoms with van der Waals surface area (Å²) in [6.45, 7) is 3.08. The second-order valence-electron chi connectivity index (χ2n) is 8.62. The summed E-state index contributed by atoms with van der Waals surface area (Å²) in [6.07, 6.45) is 4.19. The fraction of sp³-hybridized carbons (Fsp3) is 0.391. The van der Waals surface area contributed by atoms with Gasteiger partial charge in [0, 0.05) is 35.2 Å². The number of carboxylic acid groups (broad SMARTS) is 1. The summed E-state index contributed by atoms with van der Waals surface area (Å²) in [5, 5.41) is 28.0. The largest absolute Gasteiger partial charge is 0.478 e. The van der Waals surface area contributed by atoms with Crippen molar-refractivity contribution in [3.63, 3.8) is 0 Å². The van der Waals surface area contributed by atoms with E-state index in [0.717, 1.165) is 48.0 Å². The molecule has 1 fully saturated rings. The van der Waals surface area contributed by atoms with E-state index in [1.54, 1.807) is 23.9 Å². The molecule has 2 aliphatic rings. The van der Waals surface area contributed by atoms with Gasteiger partial charge < -0.3 is 14.8 Å². The molecule has 160 valence electrons. The normalized spacial score (nSPS) is 21.9. The first-order chi connectivity index (χ1) is 14.9. The highest BCUT2D eigenvalue weighted by molar-refractivity contribution is 8.00. The molecule has 7 nitrogen and oxygen atoms in total. The molecular formula is C23H24N4O3S. The van der Waals surface area contributed by atoms with Crippen LogP contribution >= 0.6 is 11.8 Å². The van der Waals surface area contributed by atoms with Gasteiger partial charge in [-0.25, -0.2) is 4.79 Å². The number of carboxylic acids is 1. The molecule has 1 aromatic carbocycles. The monoisotopic (exact) mass is 436 g/mol. The summed E-state index contributed by atoms with van der Waals surface area (Å²) >= 11 is 1.80. The van der Waals surface area contributed by atoms with Crippen molar-refractivity contribution in [3.8, 4) is 11.3 Å². The number of aliphatic hydroxyl groups is 1. The number of benzene rings is 1. The van der Waals surface area contributed by atoms with Crippen LogP contribution in [0.4, 0.5) is 0 Å². The number of thioether (sulfide) groups is 1. The molecule has 31 heavy (non-hydrogen) atoms. The van der Waals surface area contributed by atoms with Crippen LogP contribution in [0.5, 0.6) is 0 Å². The zero-order chi connectivity index (χ0) is 21.6. The maximum atomic E-state index is 11.0. The number of hydrogen-bond donors (Lipinski definition) is 2. The van der Waals surface area contributed by atoms with Crippen LogP contribution in [-0.4, -0.2) is 53.0 Å². The number of aliphatic hydroxyl groups excluding tert-OH is 1. The van der Waals surface area contributed by atoms with Crippen LogP contribution in [0.3, 0.4) is 0 Å². The lowest BCUT2D eigenvalue weighted by Gasteiger charge is -2.23. The molecule has 2 N–H and O–H groups in total. The van der Waals surface area contributed by atoms with Crippen LogP contribution in [0.25, 0.3) is 11.3 Å². The highest BCUT2D eigenvalue weighted by atomic mass is 32.2. The number of nitrogens with zero attached hydrogens (tertiary/aromatic N) is 4. The zero-order valence-corrected chi connectivity index (χ0v) is 18.1. The third-order valence-corrected chi connectivity index (χ3v) is 7.74. The summed E-state index contributed by atoms with van der Waals surface area (Å²) in [5.74, 6) is 1.95. The number of pyridine rings is 1. The summed E-state index contributed by atoms with van der Waals surface area (Å²) in [4.78, 5) is 15.3. The van der Waals surface area contributed by atoms with Crippen molar-refractivity contribution in [2.75, 3.05) is 12.4 Å². The number of aromatic carboxylic acids is 1. The molecular weight excluding hydrogens is 412 g/mol. The lowest BCUT2D eigenvalue weighted by Crippen LogP contribution is -2.28. The predicted octanol–water partition coefficient (Wildman–Crippen LogP) is 3.16. The van der Waals surface area contributed by atoms with E-state index in [0.29, 0.717) is 6.42 Å². The Balaban J connectivity index is 1.43. The maximum Gasteiger partial charge on any atom is 0.337 e. The van der Waals surface area contributed by atoms with Gasteiger partial charge in [0.2, 0.25) is 0 Å². The lowest BCUT2D eigenvalue weighted by molar-refractivity contribution is 0.0696. The molecule has 0 saturated heterocycles. The van der Waals surface area contributed by atoms with Crippen molar-refractivity contribution >= 4 is 17.7 Å². The first kappa shape index (κ1) is 20.2. The molecule has 8 heteroatoms. The fourth-order valence-electron chi connectivity index (χ4n) is 4.34. The standard InChI is InChI=1S/C23H24N4O3S/c1-22(14-28)12-19-25-26-21(27(19)10-11-31-22)23(8-9-23)17-5-2-15(3-6-17)18-7-4-16(13-24-18)20(29)30/h2-7,13,28H,8-12,14H2,1H3,(H,29,30)/t22-/m1/s1. The molecule has 5 rings (SSSR count). The van der Waals surface area contributed by atoms with Crippen molar-refractivity contribution in [2.45, 2.75) is 42.9 Å². The van der Waals surface area contributed by atoms with E-state index in [4.69, 9.17) is 5.11 Å². The van der Waals surface area contributed by atoms with Crippen LogP contribution < -0.4 is 0 Å². The van der Waals surface area contributed by atoms with Crippen molar-refractivity contribution in [3.05, 3.63) is 65.4 Å². The molecule has 2 aromatic heterocycles. The van der Waals surface area contributed by atoms with Gasteiger partial charge in [0.1, 0.15) is 11.6 Å². The predicted molar refractivity (Wildman–Crippen MR) is 118 cm³/mol. The van der Waals surface area contributed by atoms with E-state index < -0.39 is 5.97 Å². The van der Waals surface area contributed by atoms with E-state index >= 15 is 0 Å². The summed E-state index contributed by atoms with van der Waals surface area (Å²) in [6, 6.07) is 11.6. The van der Waals surface area contributed by atoms with Gasteiger partial charge in [-0.05, 0) is 37.5 Å². The minimum Gasteiger partial charge on any atom is -0.478 e. The molecule has 3 aromatic rings. The number of rotatable bonds is 5. The van der Waals surface area contributed by atoms with E-state index in [2.05, 4.69) is 38.8 Å². The Labute approximate surface area is 184 Å². The Hall–Kier alpha value is -2.71. The number of carbonyl (C=O) groups is 1. The van der Waals surface area contributed by atoms with Gasteiger partial charge in [-0.2, -0.15) is 11.8 Å². The van der Waals surface area contributed by atoms with Gasteiger partial charge in [-0.3, -0.25) is 4.98 Å². The molecule has 1 atom stereocenters. The highest BCUT2D eigenvalue weighted by Gasteiger charge is 2.50. The second kappa shape index (κ2) is 7.46. The highest BCUT2D eigenvalue weighted by Crippen LogP contribution is 2.53. The van der Waals surface area contributed by atoms with Gasteiger partial charge in [0.25, 0.3) is 0 Å². The Morgan fingerprint density at radius 2 is 1.94 bits per heavy atom. The Bertz CT molecular complexity index is 1120. The maximum absolute atomic E-state index is 11.0.